The molecule has 9 heteroatoms. The molecule has 0 aromatic rings. The average Bonchev–Trinajstić information content (AvgIpc) is 2.48. The number of amides is 1. The van der Waals surface area contributed by atoms with E-state index in [1.165, 1.54) is 0 Å². The van der Waals surface area contributed by atoms with Crippen molar-refractivity contribution in [2.45, 2.75) is 33.2 Å². The van der Waals surface area contributed by atoms with E-state index in [0.717, 1.165) is 0 Å². The smallest absolute Gasteiger partial charge is 0.327 e. The summed E-state index contributed by atoms with van der Waals surface area (Å²) >= 11 is 0. The van der Waals surface area contributed by atoms with Crippen LogP contribution < -0.4 is 5.32 Å². The average molecular weight is 333 g/mol. The van der Waals surface area contributed by atoms with E-state index in [1.54, 1.807) is 20.8 Å². The summed E-state index contributed by atoms with van der Waals surface area (Å²) in [5, 5.41) is 11.4. The Labute approximate surface area is 134 Å². The van der Waals surface area contributed by atoms with Gasteiger partial charge in [0.15, 0.2) is 0 Å². The molecule has 0 aliphatic rings. The summed E-state index contributed by atoms with van der Waals surface area (Å²) in [6.07, 6.45) is -0.515. The molecule has 0 unspecified atom stereocenters. The van der Waals surface area contributed by atoms with Gasteiger partial charge in [-0.15, -0.1) is 0 Å². The van der Waals surface area contributed by atoms with Crippen LogP contribution in [0.5, 0.6) is 0 Å². The van der Waals surface area contributed by atoms with Crippen LogP contribution in [0.15, 0.2) is 0 Å². The number of rotatable bonds is 11. The first kappa shape index (κ1) is 20.8. The zero-order chi connectivity index (χ0) is 17.8. The Balaban J connectivity index is 5.14. The molecule has 2 atom stereocenters. The van der Waals surface area contributed by atoms with Crippen LogP contribution in [0.3, 0.4) is 0 Å². The quantitative estimate of drug-likeness (QED) is 0.494. The lowest BCUT2D eigenvalue weighted by Gasteiger charge is -2.22. The van der Waals surface area contributed by atoms with E-state index in [1.807, 2.05) is 0 Å². The summed E-state index contributed by atoms with van der Waals surface area (Å²) in [6.45, 7) is 4.81. The summed E-state index contributed by atoms with van der Waals surface area (Å²) in [5.41, 5.74) is 0. The van der Waals surface area contributed by atoms with Gasteiger partial charge in [-0.25, -0.2) is 4.79 Å². The van der Waals surface area contributed by atoms with E-state index in [-0.39, 0.29) is 26.4 Å². The minimum Gasteiger partial charge on any atom is -0.480 e. The van der Waals surface area contributed by atoms with E-state index in [0.29, 0.717) is 0 Å². The number of ether oxygens (including phenoxy) is 3. The van der Waals surface area contributed by atoms with E-state index < -0.39 is 42.2 Å². The molecule has 0 aromatic heterocycles. The Bertz CT molecular complexity index is 423. The molecule has 0 saturated heterocycles. The van der Waals surface area contributed by atoms with Crippen LogP contribution in [0.25, 0.3) is 0 Å². The second-order valence-corrected chi connectivity index (χ2v) is 4.39. The third-order valence-corrected chi connectivity index (χ3v) is 2.70. The summed E-state index contributed by atoms with van der Waals surface area (Å²) in [5.74, 6) is -5.22. The van der Waals surface area contributed by atoms with Gasteiger partial charge in [-0.2, -0.15) is 0 Å². The first-order valence-corrected chi connectivity index (χ1v) is 7.29. The Morgan fingerprint density at radius 3 is 2.09 bits per heavy atom. The molecule has 23 heavy (non-hydrogen) atoms. The fraction of sp³-hybridized carbons (Fsp3) is 0.714. The van der Waals surface area contributed by atoms with Crippen molar-refractivity contribution < 1.29 is 38.5 Å². The molecular weight excluding hydrogens is 310 g/mol. The number of carboxylic acids is 1. The second-order valence-electron chi connectivity index (χ2n) is 4.39. The van der Waals surface area contributed by atoms with Crippen molar-refractivity contribution in [2.24, 2.45) is 5.92 Å². The van der Waals surface area contributed by atoms with E-state index in [9.17, 15) is 24.3 Å². The molecule has 0 aromatic carbocycles. The van der Waals surface area contributed by atoms with Gasteiger partial charge < -0.3 is 24.6 Å². The topological polar surface area (TPSA) is 128 Å². The number of esters is 2. The molecule has 0 aliphatic carbocycles. The number of nitrogens with one attached hydrogen (secondary N) is 1. The summed E-state index contributed by atoms with van der Waals surface area (Å²) < 4.78 is 14.4. The maximum Gasteiger partial charge on any atom is 0.327 e. The molecule has 0 heterocycles. The van der Waals surface area contributed by atoms with Gasteiger partial charge in [0.2, 0.25) is 5.91 Å². The van der Waals surface area contributed by atoms with Gasteiger partial charge in [-0.1, -0.05) is 0 Å². The van der Waals surface area contributed by atoms with Crippen molar-refractivity contribution in [3.8, 4) is 0 Å². The fourth-order valence-electron chi connectivity index (χ4n) is 1.73. The van der Waals surface area contributed by atoms with Crippen LogP contribution in [-0.2, 0) is 33.4 Å². The lowest BCUT2D eigenvalue weighted by Crippen LogP contribution is -2.50. The standard InChI is InChI=1S/C14H23NO8/c1-4-21-8-10(16)15-12(13(18)19)9(14(20)23-6-3)7-11(17)22-5-2/h9,12H,4-8H2,1-3H3,(H,15,16)(H,18,19)/t9-,12+/m1/s1. The minimum atomic E-state index is -1.62. The van der Waals surface area contributed by atoms with Crippen LogP contribution in [0.1, 0.15) is 27.2 Å². The number of hydrogen-bond donors (Lipinski definition) is 2. The fourth-order valence-corrected chi connectivity index (χ4v) is 1.73. The summed E-state index contributed by atoms with van der Waals surface area (Å²) in [7, 11) is 0. The van der Waals surface area contributed by atoms with Crippen molar-refractivity contribution in [3.63, 3.8) is 0 Å². The van der Waals surface area contributed by atoms with E-state index in [4.69, 9.17) is 14.2 Å². The van der Waals surface area contributed by atoms with Crippen LogP contribution in [0.2, 0.25) is 0 Å². The number of aliphatic carboxylic acids is 1. The Hall–Kier alpha value is -2.16. The van der Waals surface area contributed by atoms with Gasteiger partial charge in [0.1, 0.15) is 12.6 Å². The largest absolute Gasteiger partial charge is 0.480 e. The highest BCUT2D eigenvalue weighted by atomic mass is 16.5. The second kappa shape index (κ2) is 11.4. The van der Waals surface area contributed by atoms with Gasteiger partial charge >= 0.3 is 17.9 Å². The van der Waals surface area contributed by atoms with Crippen molar-refractivity contribution in [1.29, 1.82) is 0 Å². The molecular formula is C14H23NO8. The molecule has 0 radical (unpaired) electrons. The van der Waals surface area contributed by atoms with Gasteiger partial charge in [-0.3, -0.25) is 14.4 Å². The number of carbonyl (C=O) groups excluding carboxylic acids is 3. The lowest BCUT2D eigenvalue weighted by atomic mass is 9.96. The highest BCUT2D eigenvalue weighted by Gasteiger charge is 2.38. The predicted octanol–water partition coefficient (Wildman–Crippen LogP) is -0.275. The highest BCUT2D eigenvalue weighted by molar-refractivity contribution is 5.90. The normalized spacial score (nSPS) is 12.8. The first-order valence-electron chi connectivity index (χ1n) is 7.29. The SMILES string of the molecule is CCOCC(=O)N[C@H](C(=O)O)[C@@H](CC(=O)OCC)C(=O)OCC. The zero-order valence-electron chi connectivity index (χ0n) is 13.5. The van der Waals surface area contributed by atoms with Gasteiger partial charge in [0.25, 0.3) is 0 Å². The van der Waals surface area contributed by atoms with Crippen LogP contribution >= 0.6 is 0 Å². The number of carboxylic acid groups (broad SMARTS) is 1. The monoisotopic (exact) mass is 333 g/mol. The van der Waals surface area contributed by atoms with Gasteiger partial charge in [0.05, 0.1) is 25.6 Å². The molecule has 2 N–H and O–H groups in total. The van der Waals surface area contributed by atoms with Crippen molar-refractivity contribution in [1.82, 2.24) is 5.32 Å². The van der Waals surface area contributed by atoms with Gasteiger partial charge in [-0.05, 0) is 20.8 Å². The van der Waals surface area contributed by atoms with Crippen LogP contribution in [-0.4, -0.2) is 61.4 Å². The summed E-state index contributed by atoms with van der Waals surface area (Å²) in [6, 6.07) is -1.62. The Morgan fingerprint density at radius 2 is 1.61 bits per heavy atom. The molecule has 0 spiro atoms. The molecule has 132 valence electrons. The summed E-state index contributed by atoms with van der Waals surface area (Å²) in [4.78, 5) is 46.6. The lowest BCUT2D eigenvalue weighted by molar-refractivity contribution is -0.160. The Morgan fingerprint density at radius 1 is 1.00 bits per heavy atom. The molecule has 9 nitrogen and oxygen atoms in total. The van der Waals surface area contributed by atoms with Crippen LogP contribution in [0, 0.1) is 5.92 Å². The number of hydrogen-bond acceptors (Lipinski definition) is 7. The van der Waals surface area contributed by atoms with Crippen molar-refractivity contribution in [2.75, 3.05) is 26.4 Å². The zero-order valence-corrected chi connectivity index (χ0v) is 13.5. The highest BCUT2D eigenvalue weighted by Crippen LogP contribution is 2.14. The van der Waals surface area contributed by atoms with E-state index in [2.05, 4.69) is 5.32 Å². The molecule has 0 bridgehead atoms. The van der Waals surface area contributed by atoms with E-state index >= 15 is 0 Å². The van der Waals surface area contributed by atoms with Crippen molar-refractivity contribution in [3.05, 3.63) is 0 Å². The third kappa shape index (κ3) is 8.15. The van der Waals surface area contributed by atoms with Gasteiger partial charge in [0, 0.05) is 6.61 Å². The molecule has 0 rings (SSSR count). The molecule has 1 amide bonds. The maximum absolute atomic E-state index is 11.9. The minimum absolute atomic E-state index is 0.0113. The predicted molar refractivity (Wildman–Crippen MR) is 77.4 cm³/mol. The Kier molecular flexibility index (Phi) is 10.3. The molecule has 0 aliphatic heterocycles. The molecule has 0 saturated carbocycles. The third-order valence-electron chi connectivity index (χ3n) is 2.70. The van der Waals surface area contributed by atoms with Crippen LogP contribution in [0.4, 0.5) is 0 Å². The molecule has 0 fully saturated rings. The number of carbonyl (C=O) groups is 4. The van der Waals surface area contributed by atoms with Crippen molar-refractivity contribution >= 4 is 23.8 Å². The first-order chi connectivity index (χ1) is 10.9. The maximum atomic E-state index is 11.9.